The van der Waals surface area contributed by atoms with Crippen LogP contribution in [0.3, 0.4) is 0 Å². The maximum atomic E-state index is 13.0. The summed E-state index contributed by atoms with van der Waals surface area (Å²) in [6, 6.07) is 4.13. The number of hydrogen-bond donors (Lipinski definition) is 2. The molecule has 0 saturated carbocycles. The maximum absolute atomic E-state index is 13.0. The van der Waals surface area contributed by atoms with Crippen molar-refractivity contribution < 1.29 is 9.18 Å². The summed E-state index contributed by atoms with van der Waals surface area (Å²) >= 11 is 0. The third kappa shape index (κ3) is 2.26. The van der Waals surface area contributed by atoms with Crippen molar-refractivity contribution in [2.45, 2.75) is 0 Å². The van der Waals surface area contributed by atoms with Gasteiger partial charge in [-0.3, -0.25) is 10.2 Å². The van der Waals surface area contributed by atoms with Crippen LogP contribution in [0.4, 0.5) is 4.39 Å². The molecule has 1 rings (SSSR count). The summed E-state index contributed by atoms with van der Waals surface area (Å²) in [6.45, 7) is 0. The van der Waals surface area contributed by atoms with Gasteiger partial charge in [-0.1, -0.05) is 12.1 Å². The molecule has 0 aliphatic carbocycles. The largest absolute Gasteiger partial charge is 0.384 e. The molecule has 1 aromatic carbocycles. The number of rotatable bonds is 3. The third-order valence-corrected chi connectivity index (χ3v) is 1.65. The van der Waals surface area contributed by atoms with Crippen molar-refractivity contribution in [1.29, 1.82) is 5.41 Å². The fourth-order valence-electron chi connectivity index (χ4n) is 1.00. The lowest BCUT2D eigenvalue weighted by molar-refractivity contribution is -0.104. The van der Waals surface area contributed by atoms with Crippen LogP contribution in [0.1, 0.15) is 11.1 Å². The second-order valence-electron chi connectivity index (χ2n) is 2.65. The molecule has 0 unspecified atom stereocenters. The van der Waals surface area contributed by atoms with E-state index in [2.05, 4.69) is 0 Å². The van der Waals surface area contributed by atoms with Gasteiger partial charge in [-0.25, -0.2) is 4.39 Å². The third-order valence-electron chi connectivity index (χ3n) is 1.65. The number of benzene rings is 1. The average Bonchev–Trinajstić information content (AvgIpc) is 2.16. The number of nitrogens with two attached hydrogens (primary N) is 1. The molecule has 14 heavy (non-hydrogen) atoms. The second-order valence-corrected chi connectivity index (χ2v) is 2.65. The van der Waals surface area contributed by atoms with Crippen molar-refractivity contribution in [3.05, 3.63) is 41.2 Å². The number of hydrogen-bond acceptors (Lipinski definition) is 2. The SMILES string of the molecule is N=C(N)c1cc(/C=C\C=O)ccc1F. The minimum absolute atomic E-state index is 0.0399. The van der Waals surface area contributed by atoms with Crippen molar-refractivity contribution in [2.75, 3.05) is 0 Å². The Morgan fingerprint density at radius 1 is 1.50 bits per heavy atom. The van der Waals surface area contributed by atoms with Gasteiger partial charge in [0.2, 0.25) is 0 Å². The molecule has 3 N–H and O–H groups in total. The first-order valence-corrected chi connectivity index (χ1v) is 3.91. The fraction of sp³-hybridized carbons (Fsp3) is 0. The zero-order valence-corrected chi connectivity index (χ0v) is 7.33. The predicted molar refractivity (Wildman–Crippen MR) is 52.5 cm³/mol. The van der Waals surface area contributed by atoms with Crippen LogP contribution in [-0.4, -0.2) is 12.1 Å². The Morgan fingerprint density at radius 2 is 2.21 bits per heavy atom. The first-order valence-electron chi connectivity index (χ1n) is 3.91. The van der Waals surface area contributed by atoms with Crippen molar-refractivity contribution in [2.24, 2.45) is 5.73 Å². The van der Waals surface area contributed by atoms with E-state index in [1.54, 1.807) is 0 Å². The molecule has 0 aliphatic heterocycles. The normalized spacial score (nSPS) is 10.4. The number of nitrogen functional groups attached to an aromatic ring is 1. The van der Waals surface area contributed by atoms with Gasteiger partial charge >= 0.3 is 0 Å². The number of aldehydes is 1. The van der Waals surface area contributed by atoms with E-state index in [1.165, 1.54) is 30.4 Å². The molecule has 0 saturated heterocycles. The Labute approximate surface area is 80.6 Å². The van der Waals surface area contributed by atoms with Gasteiger partial charge in [-0.05, 0) is 23.8 Å². The first kappa shape index (κ1) is 10.1. The Morgan fingerprint density at radius 3 is 2.79 bits per heavy atom. The molecule has 0 aliphatic rings. The molecule has 72 valence electrons. The van der Waals surface area contributed by atoms with E-state index >= 15 is 0 Å². The molecule has 0 bridgehead atoms. The number of carbonyl (C=O) groups is 1. The van der Waals surface area contributed by atoms with E-state index in [4.69, 9.17) is 11.1 Å². The molecule has 3 nitrogen and oxygen atoms in total. The van der Waals surface area contributed by atoms with Crippen molar-refractivity contribution in [3.8, 4) is 0 Å². The molecule has 0 radical (unpaired) electrons. The van der Waals surface area contributed by atoms with Crippen molar-refractivity contribution >= 4 is 18.2 Å². The van der Waals surface area contributed by atoms with Crippen LogP contribution in [0, 0.1) is 11.2 Å². The van der Waals surface area contributed by atoms with Crippen LogP contribution in [0.25, 0.3) is 6.08 Å². The Kier molecular flexibility index (Phi) is 3.12. The maximum Gasteiger partial charge on any atom is 0.142 e. The number of carbonyl (C=O) groups excluding carboxylic acids is 1. The monoisotopic (exact) mass is 192 g/mol. The molecule has 0 spiro atoms. The number of halogens is 1. The molecule has 0 aromatic heterocycles. The minimum atomic E-state index is -0.541. The van der Waals surface area contributed by atoms with Gasteiger partial charge in [0.15, 0.2) is 0 Å². The number of allylic oxidation sites excluding steroid dienone is 1. The molecule has 0 heterocycles. The van der Waals surface area contributed by atoms with E-state index < -0.39 is 5.82 Å². The summed E-state index contributed by atoms with van der Waals surface area (Å²) in [5.74, 6) is -0.871. The predicted octanol–water partition coefficient (Wildman–Crippen LogP) is 1.32. The van der Waals surface area contributed by atoms with Crippen molar-refractivity contribution in [1.82, 2.24) is 0 Å². The van der Waals surface area contributed by atoms with E-state index in [1.807, 2.05) is 0 Å². The lowest BCUT2D eigenvalue weighted by Crippen LogP contribution is -2.13. The molecular weight excluding hydrogens is 183 g/mol. The van der Waals surface area contributed by atoms with Gasteiger partial charge < -0.3 is 5.73 Å². The van der Waals surface area contributed by atoms with Gasteiger partial charge in [0.05, 0.1) is 5.56 Å². The Hall–Kier alpha value is -1.97. The van der Waals surface area contributed by atoms with Crippen LogP contribution >= 0.6 is 0 Å². The highest BCUT2D eigenvalue weighted by atomic mass is 19.1. The molecule has 0 amide bonds. The lowest BCUT2D eigenvalue weighted by Gasteiger charge is -2.01. The van der Waals surface area contributed by atoms with Crippen LogP contribution < -0.4 is 5.73 Å². The van der Waals surface area contributed by atoms with E-state index in [0.29, 0.717) is 11.8 Å². The van der Waals surface area contributed by atoms with Crippen LogP contribution in [-0.2, 0) is 4.79 Å². The number of nitrogens with one attached hydrogen (secondary N) is 1. The van der Waals surface area contributed by atoms with Gasteiger partial charge in [0, 0.05) is 0 Å². The van der Waals surface area contributed by atoms with Gasteiger partial charge in [-0.15, -0.1) is 0 Å². The van der Waals surface area contributed by atoms with E-state index in [0.717, 1.165) is 0 Å². The fourth-order valence-corrected chi connectivity index (χ4v) is 1.00. The number of amidine groups is 1. The summed E-state index contributed by atoms with van der Waals surface area (Å²) in [7, 11) is 0. The summed E-state index contributed by atoms with van der Waals surface area (Å²) in [5.41, 5.74) is 5.83. The summed E-state index contributed by atoms with van der Waals surface area (Å²) < 4.78 is 13.0. The summed E-state index contributed by atoms with van der Waals surface area (Å²) in [5, 5.41) is 7.09. The Balaban J connectivity index is 3.12. The lowest BCUT2D eigenvalue weighted by atomic mass is 10.1. The standard InChI is InChI=1S/C10H9FN2O/c11-9-4-3-7(2-1-5-14)6-8(9)10(12)13/h1-6H,(H3,12,13)/b2-1-. The molecule has 1 aromatic rings. The van der Waals surface area contributed by atoms with E-state index in [9.17, 15) is 9.18 Å². The molecule has 0 atom stereocenters. The van der Waals surface area contributed by atoms with Crippen molar-refractivity contribution in [3.63, 3.8) is 0 Å². The van der Waals surface area contributed by atoms with Gasteiger partial charge in [0.25, 0.3) is 0 Å². The smallest absolute Gasteiger partial charge is 0.142 e. The van der Waals surface area contributed by atoms with Crippen LogP contribution in [0.2, 0.25) is 0 Å². The topological polar surface area (TPSA) is 66.9 Å². The minimum Gasteiger partial charge on any atom is -0.384 e. The highest BCUT2D eigenvalue weighted by molar-refractivity contribution is 5.95. The highest BCUT2D eigenvalue weighted by Gasteiger charge is 2.04. The molecular formula is C10H9FN2O. The van der Waals surface area contributed by atoms with Gasteiger partial charge in [0.1, 0.15) is 17.9 Å². The summed E-state index contributed by atoms with van der Waals surface area (Å²) in [4.78, 5) is 10.0. The van der Waals surface area contributed by atoms with Crippen LogP contribution in [0.5, 0.6) is 0 Å². The quantitative estimate of drug-likeness (QED) is 0.328. The second kappa shape index (κ2) is 4.32. The molecule has 4 heteroatoms. The van der Waals surface area contributed by atoms with E-state index in [-0.39, 0.29) is 11.4 Å². The first-order chi connectivity index (χ1) is 6.65. The highest BCUT2D eigenvalue weighted by Crippen LogP contribution is 2.11. The molecule has 0 fully saturated rings. The van der Waals surface area contributed by atoms with Gasteiger partial charge in [-0.2, -0.15) is 0 Å². The zero-order chi connectivity index (χ0) is 10.6. The average molecular weight is 192 g/mol. The van der Waals surface area contributed by atoms with Crippen LogP contribution in [0.15, 0.2) is 24.3 Å². The summed E-state index contributed by atoms with van der Waals surface area (Å²) in [6.07, 6.45) is 3.42. The zero-order valence-electron chi connectivity index (χ0n) is 7.33. The Bertz CT molecular complexity index is 399.